The number of piperazine rings is 1. The normalized spacial score (nSPS) is 15.1. The molecule has 2 aromatic heterocycles. The van der Waals surface area contributed by atoms with E-state index in [0.29, 0.717) is 12.1 Å². The summed E-state index contributed by atoms with van der Waals surface area (Å²) in [5.41, 5.74) is 2.01. The van der Waals surface area contributed by atoms with E-state index in [2.05, 4.69) is 39.4 Å². The Bertz CT molecular complexity index is 1150. The summed E-state index contributed by atoms with van der Waals surface area (Å²) in [6.07, 6.45) is 2.49. The molecule has 0 aliphatic carbocycles. The Morgan fingerprint density at radius 1 is 1.00 bits per heavy atom. The second-order valence-electron chi connectivity index (χ2n) is 7.69. The lowest BCUT2D eigenvalue weighted by molar-refractivity contribution is -0.577. The van der Waals surface area contributed by atoms with Gasteiger partial charge in [-0.2, -0.15) is 4.73 Å². The van der Waals surface area contributed by atoms with E-state index in [4.69, 9.17) is 4.74 Å². The first-order chi connectivity index (χ1) is 14.8. The minimum atomic E-state index is 0.645. The number of nitrogens with zero attached hydrogens (tertiary/aromatic N) is 3. The number of aromatic nitrogens is 1. The van der Waals surface area contributed by atoms with Crippen molar-refractivity contribution in [3.63, 3.8) is 0 Å². The molecule has 0 saturated carbocycles. The van der Waals surface area contributed by atoms with Gasteiger partial charge in [-0.3, -0.25) is 4.90 Å². The number of hydrogen-bond donors (Lipinski definition) is 0. The van der Waals surface area contributed by atoms with Crippen LogP contribution in [-0.4, -0.2) is 44.2 Å². The fraction of sp³-hybridized carbons (Fsp3) is 0.292. The molecule has 0 N–H and O–H groups in total. The molecule has 0 atom stereocenters. The Labute approximate surface area is 180 Å². The van der Waals surface area contributed by atoms with Gasteiger partial charge in [0, 0.05) is 59.9 Å². The predicted octanol–water partition coefficient (Wildman–Crippen LogP) is 4.28. The molecule has 4 aromatic rings. The van der Waals surface area contributed by atoms with Crippen molar-refractivity contribution in [2.75, 3.05) is 44.2 Å². The van der Waals surface area contributed by atoms with Crippen LogP contribution in [0.3, 0.4) is 0 Å². The lowest BCUT2D eigenvalue weighted by Crippen LogP contribution is -2.46. The molecule has 0 unspecified atom stereocenters. The molecule has 6 heteroatoms. The van der Waals surface area contributed by atoms with Crippen molar-refractivity contribution in [1.29, 1.82) is 0 Å². The largest absolute Gasteiger partial charge is 0.618 e. The summed E-state index contributed by atoms with van der Waals surface area (Å²) < 4.78 is 8.15. The minimum Gasteiger partial charge on any atom is -0.618 e. The first kappa shape index (κ1) is 19.2. The Hall–Kier alpha value is -2.83. The van der Waals surface area contributed by atoms with Gasteiger partial charge in [0.15, 0.2) is 6.20 Å². The highest BCUT2D eigenvalue weighted by Crippen LogP contribution is 2.31. The van der Waals surface area contributed by atoms with Crippen molar-refractivity contribution >= 4 is 38.0 Å². The maximum atomic E-state index is 11.9. The van der Waals surface area contributed by atoms with E-state index in [0.717, 1.165) is 55.0 Å². The maximum Gasteiger partial charge on any atom is 0.227 e. The summed E-state index contributed by atoms with van der Waals surface area (Å²) in [4.78, 5) is 5.02. The van der Waals surface area contributed by atoms with Crippen LogP contribution in [0.2, 0.25) is 0 Å². The average molecular weight is 420 g/mol. The van der Waals surface area contributed by atoms with Crippen LogP contribution in [0.15, 0.2) is 66.2 Å². The Balaban J connectivity index is 1.10. The van der Waals surface area contributed by atoms with Gasteiger partial charge in [0.1, 0.15) is 5.75 Å². The lowest BCUT2D eigenvalue weighted by Gasteiger charge is -2.36. The van der Waals surface area contributed by atoms with Crippen molar-refractivity contribution in [1.82, 2.24) is 4.90 Å². The lowest BCUT2D eigenvalue weighted by atomic mass is 10.2. The van der Waals surface area contributed by atoms with Crippen LogP contribution < -0.4 is 14.4 Å². The third kappa shape index (κ3) is 3.93. The molecule has 0 spiro atoms. The molecule has 2 aromatic carbocycles. The van der Waals surface area contributed by atoms with E-state index in [1.165, 1.54) is 22.0 Å². The molecule has 5 nitrogen and oxygen atoms in total. The smallest absolute Gasteiger partial charge is 0.227 e. The molecule has 1 saturated heterocycles. The first-order valence-corrected chi connectivity index (χ1v) is 11.3. The van der Waals surface area contributed by atoms with Gasteiger partial charge < -0.3 is 14.8 Å². The number of anilines is 1. The zero-order chi connectivity index (χ0) is 20.3. The molecule has 0 amide bonds. The molecule has 0 bridgehead atoms. The second-order valence-corrected chi connectivity index (χ2v) is 8.64. The first-order valence-electron chi connectivity index (χ1n) is 10.5. The van der Waals surface area contributed by atoms with Crippen LogP contribution in [0, 0.1) is 5.21 Å². The van der Waals surface area contributed by atoms with Gasteiger partial charge >= 0.3 is 0 Å². The summed E-state index contributed by atoms with van der Waals surface area (Å²) in [6, 6.07) is 18.2. The highest BCUT2D eigenvalue weighted by atomic mass is 32.1. The van der Waals surface area contributed by atoms with Crippen molar-refractivity contribution in [3.8, 4) is 5.75 Å². The van der Waals surface area contributed by atoms with Gasteiger partial charge in [-0.05, 0) is 48.2 Å². The summed E-state index contributed by atoms with van der Waals surface area (Å²) in [5.74, 6) is 0.756. The van der Waals surface area contributed by atoms with Crippen LogP contribution in [0.5, 0.6) is 5.75 Å². The zero-order valence-electron chi connectivity index (χ0n) is 16.9. The maximum absolute atomic E-state index is 11.9. The van der Waals surface area contributed by atoms with Crippen molar-refractivity contribution < 1.29 is 9.47 Å². The number of benzene rings is 2. The molecule has 1 aliphatic rings. The molecular weight excluding hydrogens is 394 g/mol. The van der Waals surface area contributed by atoms with Crippen molar-refractivity contribution in [2.24, 2.45) is 0 Å². The van der Waals surface area contributed by atoms with E-state index >= 15 is 0 Å². The van der Waals surface area contributed by atoms with Crippen LogP contribution in [0.1, 0.15) is 6.42 Å². The SMILES string of the molecule is [O-][n+]1cccc2ccc(OCCCN3CCN(c4cccc5sccc45)CC3)cc21. The number of thiophene rings is 1. The average Bonchev–Trinajstić information content (AvgIpc) is 3.27. The zero-order valence-corrected chi connectivity index (χ0v) is 17.7. The third-order valence-corrected chi connectivity index (χ3v) is 6.69. The molecule has 5 rings (SSSR count). The van der Waals surface area contributed by atoms with Crippen molar-refractivity contribution in [3.05, 3.63) is 71.4 Å². The van der Waals surface area contributed by atoms with E-state index in [1.807, 2.05) is 35.6 Å². The number of hydrogen-bond acceptors (Lipinski definition) is 5. The Morgan fingerprint density at radius 3 is 2.80 bits per heavy atom. The van der Waals surface area contributed by atoms with E-state index < -0.39 is 0 Å². The fourth-order valence-electron chi connectivity index (χ4n) is 4.19. The molecule has 1 fully saturated rings. The van der Waals surface area contributed by atoms with E-state index in [-0.39, 0.29) is 0 Å². The quantitative estimate of drug-likeness (QED) is 0.266. The molecule has 1 aliphatic heterocycles. The second kappa shape index (κ2) is 8.50. The van der Waals surface area contributed by atoms with Gasteiger partial charge in [0.2, 0.25) is 5.52 Å². The van der Waals surface area contributed by atoms with E-state index in [9.17, 15) is 5.21 Å². The Kier molecular flexibility index (Phi) is 5.43. The minimum absolute atomic E-state index is 0.645. The van der Waals surface area contributed by atoms with Gasteiger partial charge in [0.25, 0.3) is 0 Å². The summed E-state index contributed by atoms with van der Waals surface area (Å²) in [6.45, 7) is 5.96. The third-order valence-electron chi connectivity index (χ3n) is 5.81. The summed E-state index contributed by atoms with van der Waals surface area (Å²) >= 11 is 1.81. The predicted molar refractivity (Wildman–Crippen MR) is 123 cm³/mol. The Morgan fingerprint density at radius 2 is 1.90 bits per heavy atom. The van der Waals surface area contributed by atoms with E-state index in [1.54, 1.807) is 6.07 Å². The van der Waals surface area contributed by atoms with Crippen molar-refractivity contribution in [2.45, 2.75) is 6.42 Å². The number of fused-ring (bicyclic) bond motifs is 2. The van der Waals surface area contributed by atoms with Crippen LogP contribution in [0.25, 0.3) is 21.0 Å². The number of ether oxygens (including phenoxy) is 1. The molecular formula is C24H25N3O2S. The monoisotopic (exact) mass is 419 g/mol. The summed E-state index contributed by atoms with van der Waals surface area (Å²) in [7, 11) is 0. The molecule has 154 valence electrons. The van der Waals surface area contributed by atoms with Crippen LogP contribution in [-0.2, 0) is 0 Å². The van der Waals surface area contributed by atoms with Gasteiger partial charge in [-0.1, -0.05) is 6.07 Å². The molecule has 3 heterocycles. The highest BCUT2D eigenvalue weighted by Gasteiger charge is 2.18. The topological polar surface area (TPSA) is 42.7 Å². The number of rotatable bonds is 6. The van der Waals surface area contributed by atoms with Gasteiger partial charge in [-0.15, -0.1) is 11.3 Å². The molecule has 30 heavy (non-hydrogen) atoms. The van der Waals surface area contributed by atoms with Gasteiger partial charge in [-0.25, -0.2) is 0 Å². The fourth-order valence-corrected chi connectivity index (χ4v) is 5.00. The highest BCUT2D eigenvalue weighted by molar-refractivity contribution is 7.17. The molecule has 0 radical (unpaired) electrons. The van der Waals surface area contributed by atoms with Crippen LogP contribution in [0.4, 0.5) is 5.69 Å². The number of pyridine rings is 1. The summed E-state index contributed by atoms with van der Waals surface area (Å²) in [5, 5.41) is 16.4. The standard InChI is InChI=1S/C24H25N3O2S/c28-27-11-2-4-19-7-8-20(18-23(19)27)29-16-3-10-25-12-14-26(15-13-25)22-5-1-6-24-21(22)9-17-30-24/h1-2,4-9,11,17-18H,3,10,12-16H2. The van der Waals surface area contributed by atoms with Crippen LogP contribution >= 0.6 is 11.3 Å². The van der Waals surface area contributed by atoms with Gasteiger partial charge in [0.05, 0.1) is 12.7 Å².